The summed E-state index contributed by atoms with van der Waals surface area (Å²) < 4.78 is 0. The van der Waals surface area contributed by atoms with Crippen molar-refractivity contribution in [3.05, 3.63) is 35.5 Å². The number of fused-ring (bicyclic) bond motifs is 1. The number of nitrogens with one attached hydrogen (secondary N) is 4. The Hall–Kier alpha value is -3.69. The fourth-order valence-corrected chi connectivity index (χ4v) is 7.04. The minimum atomic E-state index is -1.41. The summed E-state index contributed by atoms with van der Waals surface area (Å²) in [4.78, 5) is 71.7. The lowest BCUT2D eigenvalue weighted by molar-refractivity contribution is -0.142. The lowest BCUT2D eigenvalue weighted by atomic mass is 9.86. The first kappa shape index (κ1) is 25.3. The molecule has 4 N–H and O–H groups in total. The molecule has 40 heavy (non-hydrogen) atoms. The van der Waals surface area contributed by atoms with Gasteiger partial charge in [0, 0.05) is 41.9 Å². The Morgan fingerprint density at radius 3 is 2.52 bits per heavy atom. The Bertz CT molecular complexity index is 1460. The molecule has 5 aliphatic rings. The van der Waals surface area contributed by atoms with Crippen molar-refractivity contribution in [2.24, 2.45) is 17.3 Å². The summed E-state index contributed by atoms with van der Waals surface area (Å²) in [6, 6.07) is 6.93. The van der Waals surface area contributed by atoms with Crippen LogP contribution in [0.1, 0.15) is 67.4 Å². The summed E-state index contributed by atoms with van der Waals surface area (Å²) in [5.74, 6) is -3.05. The van der Waals surface area contributed by atoms with E-state index >= 15 is 0 Å². The van der Waals surface area contributed by atoms with Gasteiger partial charge in [-0.2, -0.15) is 0 Å². The number of carbonyl (C=O) groups excluding carboxylic acids is 5. The van der Waals surface area contributed by atoms with Gasteiger partial charge in [-0.15, -0.1) is 0 Å². The van der Waals surface area contributed by atoms with Crippen molar-refractivity contribution >= 4 is 40.3 Å². The molecule has 1 spiro atoms. The molecule has 10 nitrogen and oxygen atoms in total. The van der Waals surface area contributed by atoms with Crippen LogP contribution in [0.3, 0.4) is 0 Å². The number of Topliss-reactive ketones (excluding diaryl/α,β-unsaturated/α-hetero) is 1. The van der Waals surface area contributed by atoms with E-state index < -0.39 is 41.0 Å². The molecule has 1 unspecified atom stereocenters. The molecule has 4 atom stereocenters. The van der Waals surface area contributed by atoms with Gasteiger partial charge in [0.25, 0.3) is 11.8 Å². The fourth-order valence-electron chi connectivity index (χ4n) is 7.04. The number of amides is 4. The molecule has 0 bridgehead atoms. The molecule has 1 aromatic carbocycles. The SMILES string of the molecule is Cc1cccc2[nH]c(C(=O)N3CCC4(CC4)C[C@H]3C(=O)NC3(C(=O)C(=O)NC4CC4)C[C@H]3[C@@H]3CCNC3=O)cc12. The second-order valence-electron chi connectivity index (χ2n) is 12.7. The number of aromatic amines is 1. The molecule has 5 fully saturated rings. The third kappa shape index (κ3) is 4.19. The van der Waals surface area contributed by atoms with Crippen LogP contribution >= 0.6 is 0 Å². The van der Waals surface area contributed by atoms with E-state index in [1.54, 1.807) is 4.90 Å². The minimum Gasteiger partial charge on any atom is -0.356 e. The maximum absolute atomic E-state index is 14.0. The van der Waals surface area contributed by atoms with Crippen molar-refractivity contribution in [2.75, 3.05) is 13.1 Å². The van der Waals surface area contributed by atoms with Crippen molar-refractivity contribution in [1.82, 2.24) is 25.8 Å². The first-order valence-electron chi connectivity index (χ1n) is 14.5. The van der Waals surface area contributed by atoms with Crippen molar-refractivity contribution in [2.45, 2.75) is 75.9 Å². The highest BCUT2D eigenvalue weighted by Gasteiger charge is 2.67. The Kier molecular flexibility index (Phi) is 5.63. The normalized spacial score (nSPS) is 30.2. The van der Waals surface area contributed by atoms with Gasteiger partial charge >= 0.3 is 0 Å². The van der Waals surface area contributed by atoms with E-state index in [4.69, 9.17) is 0 Å². The first-order valence-corrected chi connectivity index (χ1v) is 14.5. The lowest BCUT2D eigenvalue weighted by Crippen LogP contribution is -2.59. The summed E-state index contributed by atoms with van der Waals surface area (Å²) in [5.41, 5.74) is 0.976. The highest BCUT2D eigenvalue weighted by atomic mass is 16.2. The molecule has 210 valence electrons. The molecule has 1 aromatic heterocycles. The Morgan fingerprint density at radius 2 is 1.85 bits per heavy atom. The highest BCUT2D eigenvalue weighted by Crippen LogP contribution is 2.56. The molecule has 2 saturated heterocycles. The van der Waals surface area contributed by atoms with E-state index in [0.29, 0.717) is 31.6 Å². The Morgan fingerprint density at radius 1 is 1.05 bits per heavy atom. The first-order chi connectivity index (χ1) is 19.2. The minimum absolute atomic E-state index is 0.00249. The van der Waals surface area contributed by atoms with Crippen LogP contribution in [-0.4, -0.2) is 70.0 Å². The van der Waals surface area contributed by atoms with Gasteiger partial charge in [-0.05, 0) is 81.4 Å². The fraction of sp³-hybridized carbons (Fsp3) is 0.567. The third-order valence-electron chi connectivity index (χ3n) is 9.98. The van der Waals surface area contributed by atoms with Gasteiger partial charge in [-0.25, -0.2) is 0 Å². The molecule has 7 rings (SSSR count). The molecule has 0 radical (unpaired) electrons. The van der Waals surface area contributed by atoms with Crippen molar-refractivity contribution in [3.63, 3.8) is 0 Å². The van der Waals surface area contributed by atoms with Crippen molar-refractivity contribution < 1.29 is 24.0 Å². The van der Waals surface area contributed by atoms with Crippen LogP contribution in [0, 0.1) is 24.2 Å². The van der Waals surface area contributed by atoms with Crippen LogP contribution in [-0.2, 0) is 19.2 Å². The second kappa shape index (κ2) is 8.91. The average molecular weight is 546 g/mol. The van der Waals surface area contributed by atoms with Crippen molar-refractivity contribution in [1.29, 1.82) is 0 Å². The number of nitrogens with zero attached hydrogens (tertiary/aromatic N) is 1. The number of aromatic nitrogens is 1. The van der Waals surface area contributed by atoms with E-state index in [1.165, 1.54) is 0 Å². The van der Waals surface area contributed by atoms with Gasteiger partial charge in [-0.1, -0.05) is 12.1 Å². The van der Waals surface area contributed by atoms with Crippen LogP contribution in [0.4, 0.5) is 0 Å². The number of piperidine rings is 1. The van der Waals surface area contributed by atoms with Crippen LogP contribution in [0.2, 0.25) is 0 Å². The van der Waals surface area contributed by atoms with Gasteiger partial charge in [0.05, 0.1) is 0 Å². The van der Waals surface area contributed by atoms with E-state index in [0.717, 1.165) is 48.6 Å². The molecule has 3 saturated carbocycles. The average Bonchev–Trinajstić information content (AvgIpc) is 3.90. The smallest absolute Gasteiger partial charge is 0.290 e. The predicted octanol–water partition coefficient (Wildman–Crippen LogP) is 1.72. The van der Waals surface area contributed by atoms with Crippen LogP contribution in [0.25, 0.3) is 10.9 Å². The number of likely N-dealkylation sites (tertiary alicyclic amines) is 1. The van der Waals surface area contributed by atoms with E-state index in [1.807, 2.05) is 31.2 Å². The number of hydrogen-bond acceptors (Lipinski definition) is 5. The molecule has 4 amide bonds. The number of rotatable bonds is 7. The number of aryl methyl sites for hydroxylation is 1. The molecular formula is C30H35N5O5. The molecule has 3 heterocycles. The molecule has 10 heteroatoms. The maximum atomic E-state index is 14.0. The predicted molar refractivity (Wildman–Crippen MR) is 145 cm³/mol. The zero-order valence-corrected chi connectivity index (χ0v) is 22.7. The van der Waals surface area contributed by atoms with E-state index in [-0.39, 0.29) is 29.7 Å². The Balaban J connectivity index is 1.16. The van der Waals surface area contributed by atoms with Gasteiger partial charge in [0.2, 0.25) is 17.6 Å². The largest absolute Gasteiger partial charge is 0.356 e. The van der Waals surface area contributed by atoms with E-state index in [9.17, 15) is 24.0 Å². The quantitative estimate of drug-likeness (QED) is 0.392. The molecule has 3 aliphatic carbocycles. The number of H-pyrrole nitrogens is 1. The molecule has 2 aliphatic heterocycles. The van der Waals surface area contributed by atoms with Crippen molar-refractivity contribution in [3.8, 4) is 0 Å². The second-order valence-corrected chi connectivity index (χ2v) is 12.7. The van der Waals surface area contributed by atoms with Gasteiger partial charge in [0.15, 0.2) is 0 Å². The summed E-state index contributed by atoms with van der Waals surface area (Å²) in [6.07, 6.45) is 5.88. The summed E-state index contributed by atoms with van der Waals surface area (Å²) >= 11 is 0. The van der Waals surface area contributed by atoms with Gasteiger partial charge in [-0.3, -0.25) is 24.0 Å². The van der Waals surface area contributed by atoms with Crippen LogP contribution in [0.5, 0.6) is 0 Å². The number of hydrogen-bond donors (Lipinski definition) is 4. The summed E-state index contributed by atoms with van der Waals surface area (Å²) in [6.45, 7) is 2.96. The topological polar surface area (TPSA) is 140 Å². The number of ketones is 1. The monoisotopic (exact) mass is 545 g/mol. The summed E-state index contributed by atoms with van der Waals surface area (Å²) in [7, 11) is 0. The van der Waals surface area contributed by atoms with Crippen LogP contribution in [0.15, 0.2) is 24.3 Å². The number of benzene rings is 1. The molecular weight excluding hydrogens is 510 g/mol. The molecule has 2 aromatic rings. The summed E-state index contributed by atoms with van der Waals surface area (Å²) in [5, 5.41) is 9.49. The maximum Gasteiger partial charge on any atom is 0.290 e. The van der Waals surface area contributed by atoms with Crippen LogP contribution < -0.4 is 16.0 Å². The zero-order valence-electron chi connectivity index (χ0n) is 22.7. The lowest BCUT2D eigenvalue weighted by Gasteiger charge is -2.39. The number of carbonyl (C=O) groups is 5. The van der Waals surface area contributed by atoms with E-state index in [2.05, 4.69) is 20.9 Å². The zero-order chi connectivity index (χ0) is 27.8. The highest BCUT2D eigenvalue weighted by molar-refractivity contribution is 6.41. The van der Waals surface area contributed by atoms with Gasteiger partial charge in [0.1, 0.15) is 17.3 Å². The third-order valence-corrected chi connectivity index (χ3v) is 9.98. The Labute approximate surface area is 232 Å². The standard InChI is InChI=1S/C30H35N5O5/c1-16-3-2-4-21-19(16)13-22(33-21)28(40)35-12-10-29(8-9-29)15-23(35)26(38)34-30(24(36)27(39)32-17-5-6-17)14-20(30)18-7-11-31-25(18)37/h2-4,13,17-18,20,23,33H,5-12,14-15H2,1H3,(H,31,37)(H,32,39)(H,34,38)/t18-,20-,23-,30?/m0/s1. The van der Waals surface area contributed by atoms with Gasteiger partial charge < -0.3 is 25.8 Å².